The van der Waals surface area contributed by atoms with Crippen molar-refractivity contribution >= 4 is 14.5 Å². The maximum absolute atomic E-state index is 11.0. The Labute approximate surface area is 92.7 Å². The van der Waals surface area contributed by atoms with Crippen molar-refractivity contribution in [2.75, 3.05) is 12.9 Å². The lowest BCUT2D eigenvalue weighted by Gasteiger charge is -2.36. The fourth-order valence-corrected chi connectivity index (χ4v) is 2.77. The van der Waals surface area contributed by atoms with Gasteiger partial charge in [0.25, 0.3) is 0 Å². The Kier molecular flexibility index (Phi) is 4.46. The molecular formula is C9H20N3O2P. The quantitative estimate of drug-likeness (QED) is 0.687. The number of amides is 1. The summed E-state index contributed by atoms with van der Waals surface area (Å²) in [5.74, 6) is -0.00482. The summed E-state index contributed by atoms with van der Waals surface area (Å²) in [5.41, 5.74) is -0.259. The third-order valence-electron chi connectivity index (χ3n) is 2.26. The molecule has 1 saturated heterocycles. The lowest BCUT2D eigenvalue weighted by atomic mass is 10.2. The molecule has 0 bridgehead atoms. The van der Waals surface area contributed by atoms with E-state index in [0.29, 0.717) is 14.9 Å². The summed E-state index contributed by atoms with van der Waals surface area (Å²) in [6, 6.07) is 0. The van der Waals surface area contributed by atoms with Crippen molar-refractivity contribution in [2.45, 2.75) is 39.3 Å². The largest absolute Gasteiger partial charge is 0.337 e. The molecule has 88 valence electrons. The molecule has 2 unspecified atom stereocenters. The number of hydroxylamine groups is 2. The molecule has 1 fully saturated rings. The highest BCUT2D eigenvalue weighted by Crippen LogP contribution is 2.25. The molecule has 0 aromatic rings. The van der Waals surface area contributed by atoms with E-state index in [9.17, 15) is 4.79 Å². The first-order chi connectivity index (χ1) is 6.95. The van der Waals surface area contributed by atoms with E-state index < -0.39 is 0 Å². The molecular weight excluding hydrogens is 213 g/mol. The summed E-state index contributed by atoms with van der Waals surface area (Å²) < 4.78 is 0. The van der Waals surface area contributed by atoms with Crippen molar-refractivity contribution < 1.29 is 9.63 Å². The Balaban J connectivity index is 2.63. The van der Waals surface area contributed by atoms with Crippen LogP contribution in [0.25, 0.3) is 0 Å². The van der Waals surface area contributed by atoms with Crippen molar-refractivity contribution in [1.29, 1.82) is 0 Å². The van der Waals surface area contributed by atoms with Gasteiger partial charge in [0.05, 0.1) is 17.9 Å². The Hall–Kier alpha value is -0.220. The summed E-state index contributed by atoms with van der Waals surface area (Å²) in [4.78, 5) is 16.6. The topological polar surface area (TPSA) is 53.6 Å². The maximum atomic E-state index is 11.0. The molecule has 1 amide bonds. The van der Waals surface area contributed by atoms with Gasteiger partial charge in [-0.3, -0.25) is 14.9 Å². The molecule has 0 aliphatic carbocycles. The third kappa shape index (κ3) is 3.68. The highest BCUT2D eigenvalue weighted by atomic mass is 31.1. The number of nitrogens with one attached hydrogen (secondary N) is 2. The summed E-state index contributed by atoms with van der Waals surface area (Å²) in [6.45, 7) is 8.48. The molecule has 0 saturated carbocycles. The zero-order valence-electron chi connectivity index (χ0n) is 9.76. The van der Waals surface area contributed by atoms with Crippen LogP contribution in [-0.2, 0) is 9.63 Å². The van der Waals surface area contributed by atoms with E-state index in [2.05, 4.69) is 10.6 Å². The predicted molar refractivity (Wildman–Crippen MR) is 61.5 cm³/mol. The molecule has 0 radical (unpaired) electrons. The Morgan fingerprint density at radius 2 is 2.40 bits per heavy atom. The Morgan fingerprint density at radius 1 is 1.73 bits per heavy atom. The summed E-state index contributed by atoms with van der Waals surface area (Å²) in [6.07, 6.45) is 0.648. The van der Waals surface area contributed by atoms with Crippen LogP contribution in [0.15, 0.2) is 0 Å². The van der Waals surface area contributed by atoms with Crippen LogP contribution < -0.4 is 10.6 Å². The number of nitrogens with zero attached hydrogens (tertiary/aromatic N) is 1. The van der Waals surface area contributed by atoms with E-state index in [-0.39, 0.29) is 17.5 Å². The molecule has 1 aliphatic heterocycles. The molecule has 0 aromatic carbocycles. The van der Waals surface area contributed by atoms with Crippen molar-refractivity contribution in [2.24, 2.45) is 0 Å². The second kappa shape index (κ2) is 5.21. The molecule has 1 rings (SSSR count). The molecule has 0 spiro atoms. The van der Waals surface area contributed by atoms with Crippen molar-refractivity contribution in [3.05, 3.63) is 0 Å². The second-order valence-electron chi connectivity index (χ2n) is 4.01. The van der Waals surface area contributed by atoms with Gasteiger partial charge in [-0.25, -0.2) is 0 Å². The monoisotopic (exact) mass is 233 g/mol. The van der Waals surface area contributed by atoms with Crippen LogP contribution >= 0.6 is 8.58 Å². The molecule has 0 aromatic heterocycles. The van der Waals surface area contributed by atoms with E-state index in [1.54, 1.807) is 0 Å². The van der Waals surface area contributed by atoms with E-state index in [1.165, 1.54) is 6.92 Å². The van der Waals surface area contributed by atoms with Gasteiger partial charge in [-0.05, 0) is 13.8 Å². The first-order valence-electron chi connectivity index (χ1n) is 5.14. The standard InChI is InChI=1S/C9H20N3O2P/c1-5-12-9(3,4)11-8(10-7(2)13)15-6-14-12/h8,11,15H,5-6H2,1-4H3,(H,10,13). The predicted octanol–water partition coefficient (Wildman–Crippen LogP) is 0.635. The van der Waals surface area contributed by atoms with Crippen molar-refractivity contribution in [1.82, 2.24) is 15.7 Å². The molecule has 2 N–H and O–H groups in total. The number of carbonyl (C=O) groups excluding carboxylic acids is 1. The van der Waals surface area contributed by atoms with Gasteiger partial charge in [-0.15, -0.1) is 0 Å². The summed E-state index contributed by atoms with van der Waals surface area (Å²) in [7, 11) is 0.527. The van der Waals surface area contributed by atoms with Gasteiger partial charge in [0.1, 0.15) is 0 Å². The van der Waals surface area contributed by atoms with Gasteiger partial charge < -0.3 is 5.32 Å². The van der Waals surface area contributed by atoms with Crippen molar-refractivity contribution in [3.63, 3.8) is 0 Å². The van der Waals surface area contributed by atoms with Gasteiger partial charge in [0.2, 0.25) is 5.91 Å². The Morgan fingerprint density at radius 3 is 2.93 bits per heavy atom. The number of carbonyl (C=O) groups is 1. The minimum absolute atomic E-state index is 0.00838. The van der Waals surface area contributed by atoms with Gasteiger partial charge in [0.15, 0.2) is 0 Å². The van der Waals surface area contributed by atoms with Crippen LogP contribution in [0.3, 0.4) is 0 Å². The zero-order valence-corrected chi connectivity index (χ0v) is 10.8. The van der Waals surface area contributed by atoms with Crippen LogP contribution in [0.2, 0.25) is 0 Å². The maximum Gasteiger partial charge on any atom is 0.218 e. The summed E-state index contributed by atoms with van der Waals surface area (Å²) in [5, 5.41) is 8.15. The first kappa shape index (κ1) is 12.8. The number of hydrogen-bond acceptors (Lipinski definition) is 4. The fourth-order valence-electron chi connectivity index (χ4n) is 1.61. The normalized spacial score (nSPS) is 28.7. The van der Waals surface area contributed by atoms with Crippen LogP contribution in [0.4, 0.5) is 0 Å². The minimum atomic E-state index is -0.259. The Bertz CT molecular complexity index is 235. The molecule has 1 aliphatic rings. The van der Waals surface area contributed by atoms with Gasteiger partial charge >= 0.3 is 0 Å². The fraction of sp³-hybridized carbons (Fsp3) is 0.889. The van der Waals surface area contributed by atoms with Gasteiger partial charge in [0, 0.05) is 13.5 Å². The number of hydrogen-bond donors (Lipinski definition) is 2. The second-order valence-corrected chi connectivity index (χ2v) is 5.28. The minimum Gasteiger partial charge on any atom is -0.337 e. The molecule has 1 heterocycles. The summed E-state index contributed by atoms with van der Waals surface area (Å²) >= 11 is 0. The lowest BCUT2D eigenvalue weighted by Crippen LogP contribution is -2.58. The lowest BCUT2D eigenvalue weighted by molar-refractivity contribution is -0.202. The molecule has 15 heavy (non-hydrogen) atoms. The number of rotatable bonds is 2. The van der Waals surface area contributed by atoms with Gasteiger partial charge in [-0.1, -0.05) is 15.5 Å². The molecule has 5 nitrogen and oxygen atoms in total. The van der Waals surface area contributed by atoms with E-state index in [0.717, 1.165) is 6.54 Å². The van der Waals surface area contributed by atoms with E-state index in [1.807, 2.05) is 25.8 Å². The van der Waals surface area contributed by atoms with Crippen LogP contribution in [0.5, 0.6) is 0 Å². The zero-order chi connectivity index (χ0) is 11.5. The van der Waals surface area contributed by atoms with E-state index >= 15 is 0 Å². The van der Waals surface area contributed by atoms with Crippen LogP contribution in [-0.4, -0.2) is 35.4 Å². The highest BCUT2D eigenvalue weighted by molar-refractivity contribution is 7.38. The SMILES string of the molecule is CCN1OCPC(NC(C)=O)NC1(C)C. The van der Waals surface area contributed by atoms with Crippen LogP contribution in [0.1, 0.15) is 27.7 Å². The van der Waals surface area contributed by atoms with Crippen molar-refractivity contribution in [3.8, 4) is 0 Å². The van der Waals surface area contributed by atoms with Gasteiger partial charge in [-0.2, -0.15) is 5.06 Å². The first-order valence-corrected chi connectivity index (χ1v) is 6.43. The highest BCUT2D eigenvalue weighted by Gasteiger charge is 2.32. The third-order valence-corrected chi connectivity index (χ3v) is 3.26. The average molecular weight is 233 g/mol. The average Bonchev–Trinajstić information content (AvgIpc) is 2.22. The smallest absolute Gasteiger partial charge is 0.218 e. The molecule has 2 atom stereocenters. The molecule has 6 heteroatoms. The van der Waals surface area contributed by atoms with E-state index in [4.69, 9.17) is 4.84 Å². The van der Waals surface area contributed by atoms with Crippen LogP contribution in [0, 0.1) is 0 Å².